The number of urea groups is 1. The quantitative estimate of drug-likeness (QED) is 0.341. The number of hydrogen-bond acceptors (Lipinski definition) is 7. The predicted molar refractivity (Wildman–Crippen MR) is 195 cm³/mol. The summed E-state index contributed by atoms with van der Waals surface area (Å²) in [5.74, 6) is 0.695. The molecule has 5 aliphatic rings. The van der Waals surface area contributed by atoms with Gasteiger partial charge in [-0.25, -0.2) is 9.00 Å². The molecule has 3 amide bonds. The van der Waals surface area contributed by atoms with Crippen molar-refractivity contribution in [3.05, 3.63) is 70.3 Å². The van der Waals surface area contributed by atoms with Gasteiger partial charge in [-0.1, -0.05) is 36.7 Å². The molecule has 2 bridgehead atoms. The topological polar surface area (TPSA) is 119 Å². The van der Waals surface area contributed by atoms with Crippen molar-refractivity contribution in [2.45, 2.75) is 75.3 Å². The molecule has 2 saturated carbocycles. The van der Waals surface area contributed by atoms with E-state index in [1.165, 1.54) is 11.1 Å². The van der Waals surface area contributed by atoms with Gasteiger partial charge in [-0.3, -0.25) is 9.52 Å². The van der Waals surface area contributed by atoms with Gasteiger partial charge in [0.1, 0.15) is 15.7 Å². The van der Waals surface area contributed by atoms with Gasteiger partial charge in [-0.05, 0) is 111 Å². The van der Waals surface area contributed by atoms with E-state index in [4.69, 9.17) is 25.8 Å². The summed E-state index contributed by atoms with van der Waals surface area (Å²) in [6, 6.07) is 11.0. The lowest BCUT2D eigenvalue weighted by Crippen LogP contribution is -2.49. The first-order valence-corrected chi connectivity index (χ1v) is 20.0. The average Bonchev–Trinajstić information content (AvgIpc) is 3.84. The van der Waals surface area contributed by atoms with Crippen molar-refractivity contribution < 1.29 is 28.0 Å². The Morgan fingerprint density at radius 3 is 2.74 bits per heavy atom. The minimum Gasteiger partial charge on any atom is -0.490 e. The standard InChI is InChI=1S/C38H49ClN4O6S/c1-25-6-4-8-33(48-3)30-12-9-28(30)20-43-22-37(15-5-7-26-18-29(39)11-13-31(26)37)23-49-34-14-10-27(19-32(34)43)35(44)41-50(46,21-25)42-36(45)40-38(16-17-38)24-47-2/h4,8,10-11,13-14,18-19,25,28,30,33H,5-7,9,12,15-17,20-24H2,1-3H3,(H2,40,41,42,44,45,46)/b8-4+/t25-,28-,30+,33-,37-,50?/m0/s1. The number of carbonyl (C=O) groups is 2. The minimum atomic E-state index is -3.50. The Bertz CT molecular complexity index is 1790. The summed E-state index contributed by atoms with van der Waals surface area (Å²) in [6.07, 6.45) is 11.5. The lowest BCUT2D eigenvalue weighted by Gasteiger charge is -2.46. The molecular weight excluding hydrogens is 676 g/mol. The van der Waals surface area contributed by atoms with Crippen molar-refractivity contribution >= 4 is 39.1 Å². The molecule has 6 atom stereocenters. The molecule has 0 saturated heterocycles. The molecule has 50 heavy (non-hydrogen) atoms. The maximum atomic E-state index is 14.4. The highest BCUT2D eigenvalue weighted by Gasteiger charge is 2.46. The van der Waals surface area contributed by atoms with E-state index in [1.807, 2.05) is 25.1 Å². The van der Waals surface area contributed by atoms with Crippen LogP contribution in [0.3, 0.4) is 0 Å². The number of ether oxygens (including phenoxy) is 3. The van der Waals surface area contributed by atoms with Crippen LogP contribution in [0.15, 0.2) is 52.9 Å². The van der Waals surface area contributed by atoms with Gasteiger partial charge < -0.3 is 24.4 Å². The normalized spacial score (nSPS) is 32.2. The van der Waals surface area contributed by atoms with Crippen molar-refractivity contribution in [2.75, 3.05) is 51.2 Å². The van der Waals surface area contributed by atoms with Crippen molar-refractivity contribution in [1.82, 2.24) is 10.0 Å². The van der Waals surface area contributed by atoms with Gasteiger partial charge in [0.05, 0.1) is 36.3 Å². The number of hydrogen-bond donors (Lipinski definition) is 2. The van der Waals surface area contributed by atoms with Crippen molar-refractivity contribution in [3.63, 3.8) is 0 Å². The van der Waals surface area contributed by atoms with Crippen LogP contribution in [0.25, 0.3) is 0 Å². The number of aryl methyl sites for hydroxylation is 1. The molecule has 3 aliphatic carbocycles. The van der Waals surface area contributed by atoms with Crippen LogP contribution in [0.1, 0.15) is 73.4 Å². The Balaban J connectivity index is 1.27. The van der Waals surface area contributed by atoms with Gasteiger partial charge in [0.25, 0.3) is 5.91 Å². The summed E-state index contributed by atoms with van der Waals surface area (Å²) in [6.45, 7) is 4.33. The molecule has 2 N–H and O–H groups in total. The third-order valence-corrected chi connectivity index (χ3v) is 13.6. The summed E-state index contributed by atoms with van der Waals surface area (Å²) in [5.41, 5.74) is 2.94. The molecule has 2 fully saturated rings. The average molecular weight is 725 g/mol. The van der Waals surface area contributed by atoms with Crippen LogP contribution in [0.4, 0.5) is 10.5 Å². The van der Waals surface area contributed by atoms with E-state index in [-0.39, 0.29) is 23.2 Å². The molecule has 2 aromatic carbocycles. The Hall–Kier alpha value is -3.12. The van der Waals surface area contributed by atoms with E-state index in [0.717, 1.165) is 68.7 Å². The number of anilines is 1. The Morgan fingerprint density at radius 1 is 1.16 bits per heavy atom. The Morgan fingerprint density at radius 2 is 2.00 bits per heavy atom. The van der Waals surface area contributed by atoms with Gasteiger partial charge >= 0.3 is 6.03 Å². The zero-order valence-electron chi connectivity index (χ0n) is 29.3. The van der Waals surface area contributed by atoms with Crippen LogP contribution in [-0.4, -0.2) is 74.1 Å². The predicted octanol–water partition coefficient (Wildman–Crippen LogP) is 6.45. The molecule has 2 aliphatic heterocycles. The van der Waals surface area contributed by atoms with Gasteiger partial charge in [-0.2, -0.15) is 0 Å². The minimum absolute atomic E-state index is 0.0175. The molecule has 270 valence electrons. The number of nitrogens with zero attached hydrogens (tertiary/aromatic N) is 2. The van der Waals surface area contributed by atoms with Crippen molar-refractivity contribution in [3.8, 4) is 5.75 Å². The maximum absolute atomic E-state index is 14.4. The smallest absolute Gasteiger partial charge is 0.327 e. The third kappa shape index (κ3) is 7.29. The number of amides is 3. The number of fused-ring (bicyclic) bond motifs is 4. The molecular formula is C38H49ClN4O6S. The zero-order valence-corrected chi connectivity index (χ0v) is 30.8. The first-order chi connectivity index (χ1) is 24.0. The molecule has 2 heterocycles. The van der Waals surface area contributed by atoms with Crippen molar-refractivity contribution in [2.24, 2.45) is 22.1 Å². The van der Waals surface area contributed by atoms with Gasteiger partial charge in [0, 0.05) is 43.3 Å². The van der Waals surface area contributed by atoms with Crippen LogP contribution >= 0.6 is 11.6 Å². The molecule has 1 spiro atoms. The Labute approximate surface area is 300 Å². The van der Waals surface area contributed by atoms with E-state index in [2.05, 4.69) is 43.6 Å². The number of rotatable bonds is 5. The number of carbonyl (C=O) groups excluding carboxylic acids is 2. The van der Waals surface area contributed by atoms with E-state index >= 15 is 0 Å². The molecule has 1 unspecified atom stereocenters. The second-order valence-corrected chi connectivity index (χ2v) is 17.7. The summed E-state index contributed by atoms with van der Waals surface area (Å²) < 4.78 is 39.3. The summed E-state index contributed by atoms with van der Waals surface area (Å²) >= 11 is 6.45. The second kappa shape index (κ2) is 14.1. The van der Waals surface area contributed by atoms with Gasteiger partial charge in [0.2, 0.25) is 0 Å². The molecule has 2 aromatic rings. The summed E-state index contributed by atoms with van der Waals surface area (Å²) in [4.78, 5) is 29.5. The van der Waals surface area contributed by atoms with Crippen LogP contribution < -0.4 is 19.7 Å². The SMILES string of the molecule is COCC1(NC(=O)NS2(=O)=NC(=O)c3ccc4c(c3)N(C[C@@H]3CC[C@H]3[C@@H](OC)/C=C/C[C@H](C)C2)C[C@@]2(CCCc3cc(Cl)ccc32)CO4)CC1. The van der Waals surface area contributed by atoms with Crippen LogP contribution in [0.2, 0.25) is 5.02 Å². The van der Waals surface area contributed by atoms with Gasteiger partial charge in [-0.15, -0.1) is 4.36 Å². The van der Waals surface area contributed by atoms with E-state index in [1.54, 1.807) is 20.3 Å². The van der Waals surface area contributed by atoms with Crippen LogP contribution in [-0.2, 0) is 31.2 Å². The molecule has 12 heteroatoms. The maximum Gasteiger partial charge on any atom is 0.327 e. The number of nitrogens with one attached hydrogen (secondary N) is 2. The number of methoxy groups -OCH3 is 2. The van der Waals surface area contributed by atoms with Crippen LogP contribution in [0, 0.1) is 17.8 Å². The fourth-order valence-electron chi connectivity index (χ4n) is 8.51. The van der Waals surface area contributed by atoms with E-state index < -0.39 is 27.4 Å². The molecule has 10 nitrogen and oxygen atoms in total. The highest BCUT2D eigenvalue weighted by molar-refractivity contribution is 7.92. The third-order valence-electron chi connectivity index (χ3n) is 11.4. The summed E-state index contributed by atoms with van der Waals surface area (Å²) in [7, 11) is -0.149. The fourth-order valence-corrected chi connectivity index (χ4v) is 10.5. The number of allylic oxidation sites excluding steroid dienone is 1. The van der Waals surface area contributed by atoms with Gasteiger partial charge in [0.15, 0.2) is 0 Å². The van der Waals surface area contributed by atoms with Crippen molar-refractivity contribution in [1.29, 1.82) is 0 Å². The molecule has 7 rings (SSSR count). The van der Waals surface area contributed by atoms with E-state index in [9.17, 15) is 13.8 Å². The Kier molecular flexibility index (Phi) is 9.97. The zero-order chi connectivity index (χ0) is 35.1. The fraction of sp³-hybridized carbons (Fsp3) is 0.579. The number of benzene rings is 2. The summed E-state index contributed by atoms with van der Waals surface area (Å²) in [5, 5.41) is 3.65. The highest BCUT2D eigenvalue weighted by atomic mass is 35.5. The largest absolute Gasteiger partial charge is 0.490 e. The van der Waals surface area contributed by atoms with Crippen LogP contribution in [0.5, 0.6) is 5.75 Å². The number of halogens is 1. The molecule has 0 aromatic heterocycles. The first kappa shape index (κ1) is 35.3. The monoisotopic (exact) mass is 724 g/mol. The highest BCUT2D eigenvalue weighted by Crippen LogP contribution is 2.47. The second-order valence-electron chi connectivity index (χ2n) is 15.2. The lowest BCUT2D eigenvalue weighted by molar-refractivity contribution is 0.0131. The molecule has 0 radical (unpaired) electrons. The lowest BCUT2D eigenvalue weighted by atomic mass is 9.68. The van der Waals surface area contributed by atoms with E-state index in [0.29, 0.717) is 42.8 Å². The first-order valence-electron chi connectivity index (χ1n) is 17.9.